The SMILES string of the molecule is COC(=O)c1ccc2nc(CO)n(Cc3cncn3C)c2c1. The second-order valence-corrected chi connectivity index (χ2v) is 4.96. The average molecular weight is 300 g/mol. The number of hydrogen-bond donors (Lipinski definition) is 1. The van der Waals surface area contributed by atoms with E-state index in [0.717, 1.165) is 16.7 Å². The third-order valence-electron chi connectivity index (χ3n) is 3.63. The number of nitrogens with zero attached hydrogens (tertiary/aromatic N) is 4. The van der Waals surface area contributed by atoms with Gasteiger partial charge in [0, 0.05) is 13.2 Å². The molecule has 0 aliphatic carbocycles. The zero-order valence-electron chi connectivity index (χ0n) is 12.4. The van der Waals surface area contributed by atoms with Crippen LogP contribution in [0.2, 0.25) is 0 Å². The third-order valence-corrected chi connectivity index (χ3v) is 3.63. The van der Waals surface area contributed by atoms with Crippen LogP contribution < -0.4 is 0 Å². The van der Waals surface area contributed by atoms with Gasteiger partial charge < -0.3 is 19.0 Å². The number of aliphatic hydroxyl groups excluding tert-OH is 1. The van der Waals surface area contributed by atoms with Gasteiger partial charge in [-0.3, -0.25) is 0 Å². The molecule has 0 aliphatic heterocycles. The number of aromatic nitrogens is 4. The Morgan fingerprint density at radius 2 is 2.23 bits per heavy atom. The minimum atomic E-state index is -0.402. The zero-order valence-corrected chi connectivity index (χ0v) is 12.4. The summed E-state index contributed by atoms with van der Waals surface area (Å²) >= 11 is 0. The standard InChI is InChI=1S/C15H16N4O3/c1-18-9-16-6-11(18)7-19-13-5-10(15(21)22-2)3-4-12(13)17-14(19)8-20/h3-6,9,20H,7-8H2,1-2H3. The maximum Gasteiger partial charge on any atom is 0.337 e. The van der Waals surface area contributed by atoms with Crippen LogP contribution in [0, 0.1) is 0 Å². The summed E-state index contributed by atoms with van der Waals surface area (Å²) in [4.78, 5) is 20.2. The summed E-state index contributed by atoms with van der Waals surface area (Å²) in [7, 11) is 3.25. The number of aliphatic hydroxyl groups is 1. The minimum absolute atomic E-state index is 0.180. The Morgan fingerprint density at radius 3 is 2.86 bits per heavy atom. The molecule has 0 amide bonds. The van der Waals surface area contributed by atoms with E-state index in [0.29, 0.717) is 17.9 Å². The molecule has 1 aromatic carbocycles. The van der Waals surface area contributed by atoms with Crippen molar-refractivity contribution >= 4 is 17.0 Å². The topological polar surface area (TPSA) is 82.2 Å². The van der Waals surface area contributed by atoms with Crippen LogP contribution in [-0.4, -0.2) is 37.3 Å². The van der Waals surface area contributed by atoms with Crippen LogP contribution in [0.4, 0.5) is 0 Å². The van der Waals surface area contributed by atoms with Gasteiger partial charge >= 0.3 is 5.97 Å². The van der Waals surface area contributed by atoms with Crippen molar-refractivity contribution in [1.82, 2.24) is 19.1 Å². The van der Waals surface area contributed by atoms with Crippen LogP contribution in [0.1, 0.15) is 21.9 Å². The van der Waals surface area contributed by atoms with Gasteiger partial charge in [-0.15, -0.1) is 0 Å². The molecule has 2 heterocycles. The van der Waals surface area contributed by atoms with E-state index in [9.17, 15) is 9.90 Å². The Balaban J connectivity index is 2.13. The van der Waals surface area contributed by atoms with Crippen molar-refractivity contribution in [2.45, 2.75) is 13.2 Å². The molecule has 1 N–H and O–H groups in total. The molecule has 0 aliphatic rings. The Labute approximate surface area is 126 Å². The third kappa shape index (κ3) is 2.35. The highest BCUT2D eigenvalue weighted by Gasteiger charge is 2.14. The van der Waals surface area contributed by atoms with Crippen molar-refractivity contribution in [3.63, 3.8) is 0 Å². The van der Waals surface area contributed by atoms with E-state index >= 15 is 0 Å². The summed E-state index contributed by atoms with van der Waals surface area (Å²) in [5, 5.41) is 9.54. The average Bonchev–Trinajstić information content (AvgIpc) is 3.10. The van der Waals surface area contributed by atoms with Gasteiger partial charge in [-0.25, -0.2) is 14.8 Å². The first kappa shape index (κ1) is 14.3. The maximum atomic E-state index is 11.7. The molecule has 114 valence electrons. The van der Waals surface area contributed by atoms with Crippen molar-refractivity contribution in [3.8, 4) is 0 Å². The smallest absolute Gasteiger partial charge is 0.337 e. The van der Waals surface area contributed by atoms with Crippen LogP contribution >= 0.6 is 0 Å². The predicted octanol–water partition coefficient (Wildman–Crippen LogP) is 1.10. The van der Waals surface area contributed by atoms with E-state index in [4.69, 9.17) is 4.74 Å². The summed E-state index contributed by atoms with van der Waals surface area (Å²) in [5.41, 5.74) is 2.91. The van der Waals surface area contributed by atoms with Crippen molar-refractivity contribution in [3.05, 3.63) is 47.8 Å². The quantitative estimate of drug-likeness (QED) is 0.730. The fourth-order valence-corrected chi connectivity index (χ4v) is 2.41. The highest BCUT2D eigenvalue weighted by Crippen LogP contribution is 2.20. The number of hydrogen-bond acceptors (Lipinski definition) is 5. The number of rotatable bonds is 4. The van der Waals surface area contributed by atoms with Crippen LogP contribution in [-0.2, 0) is 24.9 Å². The van der Waals surface area contributed by atoms with Crippen molar-refractivity contribution in [2.24, 2.45) is 7.05 Å². The summed E-state index contributed by atoms with van der Waals surface area (Å²) in [5.74, 6) is 0.138. The van der Waals surface area contributed by atoms with Crippen LogP contribution in [0.5, 0.6) is 0 Å². The van der Waals surface area contributed by atoms with Gasteiger partial charge in [0.1, 0.15) is 12.4 Å². The molecule has 0 bridgehead atoms. The van der Waals surface area contributed by atoms with Gasteiger partial charge in [-0.2, -0.15) is 0 Å². The molecular formula is C15H16N4O3. The van der Waals surface area contributed by atoms with Gasteiger partial charge in [0.2, 0.25) is 0 Å². The number of esters is 1. The lowest BCUT2D eigenvalue weighted by atomic mass is 10.2. The van der Waals surface area contributed by atoms with E-state index in [1.807, 2.05) is 16.2 Å². The first-order valence-corrected chi connectivity index (χ1v) is 6.77. The van der Waals surface area contributed by atoms with Crippen molar-refractivity contribution in [2.75, 3.05) is 7.11 Å². The van der Waals surface area contributed by atoms with Crippen molar-refractivity contribution < 1.29 is 14.6 Å². The van der Waals surface area contributed by atoms with Gasteiger partial charge in [0.15, 0.2) is 0 Å². The number of carbonyl (C=O) groups is 1. The zero-order chi connectivity index (χ0) is 15.7. The molecule has 0 radical (unpaired) electrons. The number of benzene rings is 1. The Morgan fingerprint density at radius 1 is 1.41 bits per heavy atom. The lowest BCUT2D eigenvalue weighted by Crippen LogP contribution is -2.08. The monoisotopic (exact) mass is 300 g/mol. The number of aryl methyl sites for hydroxylation is 1. The molecule has 0 saturated carbocycles. The number of carbonyl (C=O) groups excluding carboxylic acids is 1. The Kier molecular flexibility index (Phi) is 3.64. The van der Waals surface area contributed by atoms with E-state index < -0.39 is 5.97 Å². The van der Waals surface area contributed by atoms with Gasteiger partial charge in [-0.05, 0) is 18.2 Å². The van der Waals surface area contributed by atoms with E-state index in [1.54, 1.807) is 30.7 Å². The largest absolute Gasteiger partial charge is 0.465 e. The van der Waals surface area contributed by atoms with Crippen LogP contribution in [0.3, 0.4) is 0 Å². The normalized spacial score (nSPS) is 11.0. The molecule has 22 heavy (non-hydrogen) atoms. The predicted molar refractivity (Wildman–Crippen MR) is 79.3 cm³/mol. The molecule has 3 rings (SSSR count). The molecule has 7 heteroatoms. The van der Waals surface area contributed by atoms with Crippen molar-refractivity contribution in [1.29, 1.82) is 0 Å². The number of fused-ring (bicyclic) bond motifs is 1. The van der Waals surface area contributed by atoms with Crippen LogP contribution in [0.15, 0.2) is 30.7 Å². The van der Waals surface area contributed by atoms with Gasteiger partial charge in [-0.1, -0.05) is 0 Å². The molecule has 2 aromatic heterocycles. The summed E-state index contributed by atoms with van der Waals surface area (Å²) < 4.78 is 8.52. The first-order valence-electron chi connectivity index (χ1n) is 6.77. The summed E-state index contributed by atoms with van der Waals surface area (Å²) in [6.07, 6.45) is 3.48. The Bertz CT molecular complexity index is 835. The molecule has 0 unspecified atom stereocenters. The highest BCUT2D eigenvalue weighted by atomic mass is 16.5. The Hall–Kier alpha value is -2.67. The number of ether oxygens (including phenoxy) is 1. The summed E-state index contributed by atoms with van der Waals surface area (Å²) in [6, 6.07) is 5.14. The summed E-state index contributed by atoms with van der Waals surface area (Å²) in [6.45, 7) is 0.327. The fourth-order valence-electron chi connectivity index (χ4n) is 2.41. The van der Waals surface area contributed by atoms with Gasteiger partial charge in [0.25, 0.3) is 0 Å². The van der Waals surface area contributed by atoms with Crippen LogP contribution in [0.25, 0.3) is 11.0 Å². The maximum absolute atomic E-state index is 11.7. The number of methoxy groups -OCH3 is 1. The van der Waals surface area contributed by atoms with E-state index in [1.165, 1.54) is 7.11 Å². The van der Waals surface area contributed by atoms with Gasteiger partial charge in [0.05, 0.1) is 42.3 Å². The molecule has 0 saturated heterocycles. The first-order chi connectivity index (χ1) is 10.6. The lowest BCUT2D eigenvalue weighted by Gasteiger charge is -2.09. The van der Waals surface area contributed by atoms with E-state index in [2.05, 4.69) is 9.97 Å². The number of imidazole rings is 2. The molecule has 3 aromatic rings. The molecular weight excluding hydrogens is 284 g/mol. The lowest BCUT2D eigenvalue weighted by molar-refractivity contribution is 0.0601. The highest BCUT2D eigenvalue weighted by molar-refractivity contribution is 5.93. The van der Waals surface area contributed by atoms with E-state index in [-0.39, 0.29) is 6.61 Å². The molecule has 0 fully saturated rings. The molecule has 0 atom stereocenters. The molecule has 7 nitrogen and oxygen atoms in total. The fraction of sp³-hybridized carbons (Fsp3) is 0.267. The second kappa shape index (κ2) is 5.61. The molecule has 0 spiro atoms. The second-order valence-electron chi connectivity index (χ2n) is 4.96. The minimum Gasteiger partial charge on any atom is -0.465 e.